The van der Waals surface area contributed by atoms with Gasteiger partial charge >= 0.3 is 0 Å². The first-order chi connectivity index (χ1) is 4.63. The summed E-state index contributed by atoms with van der Waals surface area (Å²) in [6, 6.07) is 0. The zero-order valence-electron chi connectivity index (χ0n) is 6.60. The molecule has 0 unspecified atom stereocenters. The Morgan fingerprint density at radius 2 is 2.10 bits per heavy atom. The fourth-order valence-corrected chi connectivity index (χ4v) is 0.303. The van der Waals surface area contributed by atoms with Crippen molar-refractivity contribution >= 4 is 5.78 Å². The van der Waals surface area contributed by atoms with Crippen molar-refractivity contribution in [3.8, 4) is 0 Å². The van der Waals surface area contributed by atoms with Crippen LogP contribution in [0.3, 0.4) is 0 Å². The summed E-state index contributed by atoms with van der Waals surface area (Å²) in [5, 5.41) is 0. The maximum absolute atomic E-state index is 10.3. The van der Waals surface area contributed by atoms with E-state index in [1.54, 1.807) is 6.20 Å². The predicted molar refractivity (Wildman–Crippen MR) is 39.2 cm³/mol. The van der Waals surface area contributed by atoms with E-state index in [0.29, 0.717) is 0 Å². The Balaban J connectivity index is 3.21. The fourth-order valence-electron chi connectivity index (χ4n) is 0.303. The van der Waals surface area contributed by atoms with E-state index >= 15 is 0 Å². The smallest absolute Gasteiger partial charge is 0.158 e. The van der Waals surface area contributed by atoms with Crippen LogP contribution in [0.15, 0.2) is 11.8 Å². The molecule has 0 rings (SSSR count). The number of carbonyl (C=O) groups is 1. The number of hydrogen-bond acceptors (Lipinski definition) is 3. The highest BCUT2D eigenvalue weighted by molar-refractivity contribution is 5.76. The van der Waals surface area contributed by atoms with Crippen LogP contribution in [0.2, 0.25) is 0 Å². The first-order valence-electron chi connectivity index (χ1n) is 3.13. The molecule has 0 spiro atoms. The molecular weight excluding hydrogens is 130 g/mol. The lowest BCUT2D eigenvalue weighted by Gasteiger charge is -1.98. The van der Waals surface area contributed by atoms with Gasteiger partial charge < -0.3 is 0 Å². The highest BCUT2D eigenvalue weighted by Crippen LogP contribution is 1.83. The number of hydrogen-bond donors (Lipinski definition) is 1. The van der Waals surface area contributed by atoms with Crippen LogP contribution in [0.25, 0.3) is 0 Å². The third kappa shape index (κ3) is 7.17. The highest BCUT2D eigenvalue weighted by Gasteiger charge is 1.88. The molecule has 0 amide bonds. The average Bonchev–Trinajstić information content (AvgIpc) is 1.79. The molecule has 0 aliphatic heterocycles. The van der Waals surface area contributed by atoms with Gasteiger partial charge in [0, 0.05) is 6.20 Å². The van der Waals surface area contributed by atoms with Crippen molar-refractivity contribution in [2.75, 3.05) is 6.61 Å². The van der Waals surface area contributed by atoms with Gasteiger partial charge in [0.25, 0.3) is 0 Å². The second-order valence-electron chi connectivity index (χ2n) is 2.33. The van der Waals surface area contributed by atoms with E-state index in [1.165, 1.54) is 6.92 Å². The summed E-state index contributed by atoms with van der Waals surface area (Å²) in [5.41, 5.74) is 3.63. The van der Waals surface area contributed by atoms with Gasteiger partial charge in [-0.3, -0.25) is 15.1 Å². The molecule has 0 aromatic heterocycles. The van der Waals surface area contributed by atoms with Gasteiger partial charge in [0.1, 0.15) is 6.61 Å². The third-order valence-electron chi connectivity index (χ3n) is 0.706. The molecule has 0 bridgehead atoms. The minimum Gasteiger partial charge on any atom is -0.297 e. The maximum Gasteiger partial charge on any atom is 0.158 e. The van der Waals surface area contributed by atoms with Crippen molar-refractivity contribution in [2.24, 2.45) is 0 Å². The van der Waals surface area contributed by atoms with Crippen LogP contribution in [0.5, 0.6) is 0 Å². The monoisotopic (exact) mass is 143 g/mol. The van der Waals surface area contributed by atoms with E-state index in [0.717, 1.165) is 5.57 Å². The summed E-state index contributed by atoms with van der Waals surface area (Å²) < 4.78 is 0. The minimum atomic E-state index is 0.00894. The van der Waals surface area contributed by atoms with Crippen LogP contribution in [0.4, 0.5) is 0 Å². The molecule has 0 heterocycles. The van der Waals surface area contributed by atoms with Crippen molar-refractivity contribution in [3.05, 3.63) is 11.8 Å². The topological polar surface area (TPSA) is 38.3 Å². The molecule has 0 aromatic rings. The summed E-state index contributed by atoms with van der Waals surface area (Å²) in [4.78, 5) is 15.0. The summed E-state index contributed by atoms with van der Waals surface area (Å²) in [6.45, 7) is 5.46. The first-order valence-corrected chi connectivity index (χ1v) is 3.13. The summed E-state index contributed by atoms with van der Waals surface area (Å²) >= 11 is 0. The van der Waals surface area contributed by atoms with Gasteiger partial charge in [-0.2, -0.15) is 0 Å². The highest BCUT2D eigenvalue weighted by atomic mass is 16.6. The van der Waals surface area contributed by atoms with Gasteiger partial charge in [0.15, 0.2) is 5.78 Å². The van der Waals surface area contributed by atoms with Gasteiger partial charge in [0.05, 0.1) is 0 Å². The lowest BCUT2D eigenvalue weighted by molar-refractivity contribution is -0.123. The van der Waals surface area contributed by atoms with Crippen LogP contribution in [0.1, 0.15) is 20.8 Å². The Hall–Kier alpha value is -0.830. The quantitative estimate of drug-likeness (QED) is 0.471. The zero-order valence-corrected chi connectivity index (χ0v) is 6.60. The largest absolute Gasteiger partial charge is 0.297 e. The maximum atomic E-state index is 10.3. The number of carbonyl (C=O) groups excluding carboxylic acids is 1. The van der Waals surface area contributed by atoms with E-state index in [-0.39, 0.29) is 12.4 Å². The number of nitrogens with one attached hydrogen (secondary N) is 1. The van der Waals surface area contributed by atoms with Gasteiger partial charge in [-0.05, 0) is 20.8 Å². The minimum absolute atomic E-state index is 0.00894. The number of rotatable bonds is 4. The molecule has 0 aliphatic rings. The lowest BCUT2D eigenvalue weighted by atomic mass is 10.4. The van der Waals surface area contributed by atoms with Gasteiger partial charge in [-0.25, -0.2) is 0 Å². The van der Waals surface area contributed by atoms with Crippen molar-refractivity contribution in [3.63, 3.8) is 0 Å². The van der Waals surface area contributed by atoms with E-state index < -0.39 is 0 Å². The molecule has 3 heteroatoms. The molecule has 0 fully saturated rings. The van der Waals surface area contributed by atoms with E-state index in [4.69, 9.17) is 4.84 Å². The summed E-state index contributed by atoms with van der Waals surface area (Å²) in [6.07, 6.45) is 1.70. The van der Waals surface area contributed by atoms with Crippen molar-refractivity contribution in [1.29, 1.82) is 0 Å². The predicted octanol–water partition coefficient (Wildman–Crippen LogP) is 1.02. The second kappa shape index (κ2) is 4.99. The summed E-state index contributed by atoms with van der Waals surface area (Å²) in [5.74, 6) is 0.00894. The Kier molecular flexibility index (Phi) is 4.58. The van der Waals surface area contributed by atoms with E-state index in [9.17, 15) is 4.79 Å². The van der Waals surface area contributed by atoms with Gasteiger partial charge in [-0.1, -0.05) is 5.57 Å². The number of ketones is 1. The molecule has 0 aliphatic carbocycles. The number of Topliss-reactive ketones (excluding diaryl/α,β-unsaturated/α-hetero) is 1. The Morgan fingerprint density at radius 3 is 2.50 bits per heavy atom. The van der Waals surface area contributed by atoms with Crippen molar-refractivity contribution < 1.29 is 9.63 Å². The fraction of sp³-hybridized carbons (Fsp3) is 0.571. The van der Waals surface area contributed by atoms with E-state index in [2.05, 4.69) is 5.48 Å². The van der Waals surface area contributed by atoms with Crippen LogP contribution in [-0.2, 0) is 9.63 Å². The molecule has 0 aromatic carbocycles. The first kappa shape index (κ1) is 9.17. The molecule has 1 N–H and O–H groups in total. The van der Waals surface area contributed by atoms with Gasteiger partial charge in [-0.15, -0.1) is 0 Å². The molecule has 58 valence electrons. The van der Waals surface area contributed by atoms with Crippen LogP contribution in [-0.4, -0.2) is 12.4 Å². The molecule has 0 saturated heterocycles. The molecular formula is C7H13NO2. The molecule has 10 heavy (non-hydrogen) atoms. The van der Waals surface area contributed by atoms with Gasteiger partial charge in [0.2, 0.25) is 0 Å². The standard InChI is InChI=1S/C7H13NO2/c1-6(2)4-8-10-5-7(3)9/h4,8H,5H2,1-3H3. The van der Waals surface area contributed by atoms with Crippen LogP contribution >= 0.6 is 0 Å². The van der Waals surface area contributed by atoms with E-state index in [1.807, 2.05) is 13.8 Å². The van der Waals surface area contributed by atoms with Crippen LogP contribution < -0.4 is 5.48 Å². The van der Waals surface area contributed by atoms with Crippen molar-refractivity contribution in [1.82, 2.24) is 5.48 Å². The number of hydroxylamine groups is 1. The Labute approximate surface area is 61.0 Å². The SMILES string of the molecule is CC(=O)CONC=C(C)C. The van der Waals surface area contributed by atoms with Crippen molar-refractivity contribution in [2.45, 2.75) is 20.8 Å². The third-order valence-corrected chi connectivity index (χ3v) is 0.706. The Bertz CT molecular complexity index is 137. The second-order valence-corrected chi connectivity index (χ2v) is 2.33. The number of allylic oxidation sites excluding steroid dienone is 1. The molecule has 0 atom stereocenters. The van der Waals surface area contributed by atoms with Crippen LogP contribution in [0, 0.1) is 0 Å². The Morgan fingerprint density at radius 1 is 1.50 bits per heavy atom. The molecule has 3 nitrogen and oxygen atoms in total. The molecule has 0 saturated carbocycles. The zero-order chi connectivity index (χ0) is 7.98. The summed E-state index contributed by atoms with van der Waals surface area (Å²) in [7, 11) is 0. The normalized spacial score (nSPS) is 8.70. The average molecular weight is 143 g/mol. The molecule has 0 radical (unpaired) electrons. The lowest BCUT2D eigenvalue weighted by Crippen LogP contribution is -2.13.